The summed E-state index contributed by atoms with van der Waals surface area (Å²) >= 11 is 11.6. The van der Waals surface area contributed by atoms with Crippen molar-refractivity contribution < 1.29 is 9.90 Å². The zero-order chi connectivity index (χ0) is 14.2. The summed E-state index contributed by atoms with van der Waals surface area (Å²) in [4.78, 5) is 12.0. The number of aryl methyl sites for hydroxylation is 1. The van der Waals surface area contributed by atoms with Gasteiger partial charge in [0.15, 0.2) is 5.75 Å². The van der Waals surface area contributed by atoms with E-state index in [4.69, 9.17) is 23.2 Å². The highest BCUT2D eigenvalue weighted by Crippen LogP contribution is 2.34. The number of nitrogens with one attached hydrogen (secondary N) is 1. The highest BCUT2D eigenvalue weighted by molar-refractivity contribution is 6.37. The normalized spacial score (nSPS) is 10.5. The number of amides is 1. The molecule has 1 aromatic heterocycles. The fourth-order valence-corrected chi connectivity index (χ4v) is 2.04. The minimum atomic E-state index is -0.316. The van der Waals surface area contributed by atoms with Crippen LogP contribution in [-0.2, 0) is 7.05 Å². The molecule has 0 aliphatic rings. The minimum Gasteiger partial charge on any atom is -0.505 e. The molecule has 0 aliphatic heterocycles. The standard InChI is InChI=1S/C12H11Cl2N3O2/c1-6-8(5-15-17(6)2)12(19)16-7-3-9(13)11(18)10(14)4-7/h3-5,18H,1-2H3,(H,16,19). The molecule has 0 atom stereocenters. The van der Waals surface area contributed by atoms with Crippen LogP contribution in [0.3, 0.4) is 0 Å². The molecule has 2 rings (SSSR count). The van der Waals surface area contributed by atoms with Crippen LogP contribution < -0.4 is 5.32 Å². The van der Waals surface area contributed by atoms with E-state index in [1.54, 1.807) is 18.7 Å². The maximum Gasteiger partial charge on any atom is 0.259 e. The van der Waals surface area contributed by atoms with Crippen molar-refractivity contribution in [2.45, 2.75) is 6.92 Å². The summed E-state index contributed by atoms with van der Waals surface area (Å²) in [6, 6.07) is 2.85. The van der Waals surface area contributed by atoms with E-state index in [1.165, 1.54) is 18.3 Å². The first-order valence-electron chi connectivity index (χ1n) is 5.38. The fourth-order valence-electron chi connectivity index (χ4n) is 1.56. The molecular formula is C12H11Cl2N3O2. The predicted molar refractivity (Wildman–Crippen MR) is 74.0 cm³/mol. The number of carbonyl (C=O) groups is 1. The smallest absolute Gasteiger partial charge is 0.259 e. The van der Waals surface area contributed by atoms with E-state index in [1.807, 2.05) is 0 Å². The number of rotatable bonds is 2. The molecule has 0 bridgehead atoms. The summed E-state index contributed by atoms with van der Waals surface area (Å²) in [6.07, 6.45) is 1.48. The molecule has 2 aromatic rings. The lowest BCUT2D eigenvalue weighted by atomic mass is 10.2. The molecule has 0 spiro atoms. The molecule has 7 heteroatoms. The topological polar surface area (TPSA) is 67.2 Å². The second kappa shape index (κ2) is 5.11. The van der Waals surface area contributed by atoms with Crippen molar-refractivity contribution in [3.8, 4) is 5.75 Å². The van der Waals surface area contributed by atoms with Gasteiger partial charge in [-0.2, -0.15) is 5.10 Å². The number of carbonyl (C=O) groups excluding carboxylic acids is 1. The number of hydrogen-bond donors (Lipinski definition) is 2. The molecule has 0 saturated heterocycles. The first kappa shape index (κ1) is 13.7. The largest absolute Gasteiger partial charge is 0.505 e. The summed E-state index contributed by atoms with van der Waals surface area (Å²) < 4.78 is 1.60. The number of phenolic OH excluding ortho intramolecular Hbond substituents is 1. The lowest BCUT2D eigenvalue weighted by Gasteiger charge is -2.07. The third kappa shape index (κ3) is 2.67. The minimum absolute atomic E-state index is 0.0747. The number of benzene rings is 1. The van der Waals surface area contributed by atoms with Crippen LogP contribution in [0.1, 0.15) is 16.1 Å². The molecule has 0 fully saturated rings. The van der Waals surface area contributed by atoms with Crippen LogP contribution in [-0.4, -0.2) is 20.8 Å². The molecule has 1 amide bonds. The Morgan fingerprint density at radius 1 is 1.37 bits per heavy atom. The number of nitrogens with zero attached hydrogens (tertiary/aromatic N) is 2. The van der Waals surface area contributed by atoms with Gasteiger partial charge in [0, 0.05) is 18.4 Å². The van der Waals surface area contributed by atoms with E-state index in [9.17, 15) is 9.90 Å². The van der Waals surface area contributed by atoms with Crippen LogP contribution in [0.25, 0.3) is 0 Å². The molecule has 100 valence electrons. The van der Waals surface area contributed by atoms with Crippen molar-refractivity contribution in [2.24, 2.45) is 7.05 Å². The Morgan fingerprint density at radius 2 is 1.95 bits per heavy atom. The number of aromatic nitrogens is 2. The van der Waals surface area contributed by atoms with E-state index >= 15 is 0 Å². The highest BCUT2D eigenvalue weighted by Gasteiger charge is 2.14. The van der Waals surface area contributed by atoms with Gasteiger partial charge in [0.05, 0.1) is 21.8 Å². The zero-order valence-corrected chi connectivity index (χ0v) is 11.7. The zero-order valence-electron chi connectivity index (χ0n) is 10.2. The quantitative estimate of drug-likeness (QED) is 0.838. The van der Waals surface area contributed by atoms with Crippen molar-refractivity contribution in [3.05, 3.63) is 39.6 Å². The van der Waals surface area contributed by atoms with Gasteiger partial charge in [-0.25, -0.2) is 0 Å². The van der Waals surface area contributed by atoms with Crippen LogP contribution >= 0.6 is 23.2 Å². The van der Waals surface area contributed by atoms with E-state index in [0.29, 0.717) is 11.3 Å². The van der Waals surface area contributed by atoms with E-state index in [-0.39, 0.29) is 21.7 Å². The van der Waals surface area contributed by atoms with Crippen LogP contribution in [0.4, 0.5) is 5.69 Å². The Hall–Kier alpha value is -1.72. The van der Waals surface area contributed by atoms with Gasteiger partial charge in [-0.1, -0.05) is 23.2 Å². The first-order chi connectivity index (χ1) is 8.90. The van der Waals surface area contributed by atoms with E-state index in [2.05, 4.69) is 10.4 Å². The fraction of sp³-hybridized carbons (Fsp3) is 0.167. The first-order valence-corrected chi connectivity index (χ1v) is 6.13. The number of halogens is 2. The summed E-state index contributed by atoms with van der Waals surface area (Å²) in [6.45, 7) is 1.79. The molecule has 0 aliphatic carbocycles. The number of aromatic hydroxyl groups is 1. The van der Waals surface area contributed by atoms with Crippen LogP contribution in [0, 0.1) is 6.92 Å². The monoisotopic (exact) mass is 299 g/mol. The van der Waals surface area contributed by atoms with E-state index < -0.39 is 0 Å². The van der Waals surface area contributed by atoms with Gasteiger partial charge in [-0.15, -0.1) is 0 Å². The molecule has 0 radical (unpaired) electrons. The lowest BCUT2D eigenvalue weighted by molar-refractivity contribution is 0.102. The summed E-state index contributed by atoms with van der Waals surface area (Å²) in [5.74, 6) is -0.526. The van der Waals surface area contributed by atoms with Crippen molar-refractivity contribution in [2.75, 3.05) is 5.32 Å². The van der Waals surface area contributed by atoms with E-state index in [0.717, 1.165) is 5.69 Å². The second-order valence-electron chi connectivity index (χ2n) is 4.01. The van der Waals surface area contributed by atoms with Gasteiger partial charge < -0.3 is 10.4 Å². The van der Waals surface area contributed by atoms with Gasteiger partial charge >= 0.3 is 0 Å². The third-order valence-corrected chi connectivity index (χ3v) is 3.33. The Morgan fingerprint density at radius 3 is 2.42 bits per heavy atom. The Kier molecular flexibility index (Phi) is 3.68. The molecule has 1 heterocycles. The maximum absolute atomic E-state index is 12.0. The second-order valence-corrected chi connectivity index (χ2v) is 4.82. The lowest BCUT2D eigenvalue weighted by Crippen LogP contribution is -2.13. The van der Waals surface area contributed by atoms with Gasteiger partial charge in [-0.3, -0.25) is 9.48 Å². The summed E-state index contributed by atoms with van der Waals surface area (Å²) in [5.41, 5.74) is 1.61. The Balaban J connectivity index is 2.27. The number of hydrogen-bond acceptors (Lipinski definition) is 3. The average Bonchev–Trinajstić information content (AvgIpc) is 2.67. The summed E-state index contributed by atoms with van der Waals surface area (Å²) in [5, 5.41) is 16.2. The van der Waals surface area contributed by atoms with Gasteiger partial charge in [0.2, 0.25) is 0 Å². The van der Waals surface area contributed by atoms with Crippen LogP contribution in [0.2, 0.25) is 10.0 Å². The van der Waals surface area contributed by atoms with Crippen LogP contribution in [0.15, 0.2) is 18.3 Å². The van der Waals surface area contributed by atoms with Gasteiger partial charge in [0.1, 0.15) is 0 Å². The Bertz CT molecular complexity index is 629. The predicted octanol–water partition coefficient (Wildman–Crippen LogP) is 2.99. The third-order valence-electron chi connectivity index (χ3n) is 2.75. The molecule has 2 N–H and O–H groups in total. The molecule has 1 aromatic carbocycles. The van der Waals surface area contributed by atoms with Gasteiger partial charge in [-0.05, 0) is 19.1 Å². The van der Waals surface area contributed by atoms with Gasteiger partial charge in [0.25, 0.3) is 5.91 Å². The average molecular weight is 300 g/mol. The number of phenols is 1. The molecule has 5 nitrogen and oxygen atoms in total. The molecule has 0 unspecified atom stereocenters. The number of anilines is 1. The molecule has 19 heavy (non-hydrogen) atoms. The molecular weight excluding hydrogens is 289 g/mol. The van der Waals surface area contributed by atoms with Crippen LogP contribution in [0.5, 0.6) is 5.75 Å². The summed E-state index contributed by atoms with van der Waals surface area (Å²) in [7, 11) is 1.75. The molecule has 0 saturated carbocycles. The Labute approximate surface area is 119 Å². The van der Waals surface area contributed by atoms with Crippen molar-refractivity contribution in [1.29, 1.82) is 0 Å². The van der Waals surface area contributed by atoms with Crippen molar-refractivity contribution >= 4 is 34.8 Å². The SMILES string of the molecule is Cc1c(C(=O)Nc2cc(Cl)c(O)c(Cl)c2)cnn1C. The van der Waals surface area contributed by atoms with Crippen molar-refractivity contribution in [1.82, 2.24) is 9.78 Å². The van der Waals surface area contributed by atoms with Crippen molar-refractivity contribution in [3.63, 3.8) is 0 Å². The maximum atomic E-state index is 12.0. The highest BCUT2D eigenvalue weighted by atomic mass is 35.5.